The summed E-state index contributed by atoms with van der Waals surface area (Å²) in [5, 5.41) is 3.51. The van der Waals surface area contributed by atoms with Crippen LogP contribution in [0.15, 0.2) is 18.2 Å². The number of hydrogen-bond donors (Lipinski definition) is 1. The van der Waals surface area contributed by atoms with Crippen LogP contribution in [0.5, 0.6) is 5.75 Å². The van der Waals surface area contributed by atoms with Crippen molar-refractivity contribution in [2.75, 3.05) is 25.6 Å². The maximum Gasteiger partial charge on any atom is 0.125 e. The molecule has 0 bridgehead atoms. The van der Waals surface area contributed by atoms with E-state index in [1.807, 2.05) is 0 Å². The first-order chi connectivity index (χ1) is 9.60. The van der Waals surface area contributed by atoms with E-state index in [2.05, 4.69) is 56.2 Å². The van der Waals surface area contributed by atoms with Gasteiger partial charge in [-0.1, -0.05) is 13.0 Å². The summed E-state index contributed by atoms with van der Waals surface area (Å²) in [6, 6.07) is 7.24. The summed E-state index contributed by atoms with van der Waals surface area (Å²) < 4.78 is 5.59. The number of nitrogens with zero attached hydrogens (tertiary/aromatic N) is 1. The lowest BCUT2D eigenvalue weighted by Crippen LogP contribution is -2.32. The Morgan fingerprint density at radius 3 is 2.60 bits per heavy atom. The molecule has 112 valence electrons. The molecule has 3 nitrogen and oxygen atoms in total. The number of anilines is 1. The first-order valence-corrected chi connectivity index (χ1v) is 7.73. The second-order valence-electron chi connectivity index (χ2n) is 5.86. The molecule has 2 unspecified atom stereocenters. The number of nitrogens with one attached hydrogen (secondary N) is 1. The lowest BCUT2D eigenvalue weighted by Gasteiger charge is -2.31. The highest BCUT2D eigenvalue weighted by molar-refractivity contribution is 5.61. The second kappa shape index (κ2) is 6.49. The average Bonchev–Trinajstić information content (AvgIpc) is 3.29. The molecule has 0 spiro atoms. The molecule has 0 heterocycles. The zero-order chi connectivity index (χ0) is 14.7. The van der Waals surface area contributed by atoms with E-state index in [1.54, 1.807) is 7.11 Å². The Kier molecular flexibility index (Phi) is 4.92. The van der Waals surface area contributed by atoms with Crippen LogP contribution in [0.2, 0.25) is 0 Å². The van der Waals surface area contributed by atoms with Gasteiger partial charge in [-0.3, -0.25) is 0 Å². The van der Waals surface area contributed by atoms with Crippen molar-refractivity contribution >= 4 is 5.69 Å². The fourth-order valence-corrected chi connectivity index (χ4v) is 2.98. The van der Waals surface area contributed by atoms with Crippen molar-refractivity contribution in [3.05, 3.63) is 23.8 Å². The Balaban J connectivity index is 2.34. The topological polar surface area (TPSA) is 24.5 Å². The summed E-state index contributed by atoms with van der Waals surface area (Å²) in [7, 11) is 3.96. The summed E-state index contributed by atoms with van der Waals surface area (Å²) in [6.07, 6.45) is 2.74. The third kappa shape index (κ3) is 3.09. The molecule has 0 amide bonds. The molecule has 0 saturated heterocycles. The largest absolute Gasteiger partial charge is 0.496 e. The van der Waals surface area contributed by atoms with Gasteiger partial charge in [-0.15, -0.1) is 0 Å². The molecule has 1 aromatic carbocycles. The monoisotopic (exact) mass is 276 g/mol. The first-order valence-electron chi connectivity index (χ1n) is 7.73. The van der Waals surface area contributed by atoms with Gasteiger partial charge < -0.3 is 15.0 Å². The molecular formula is C17H28N2O. The van der Waals surface area contributed by atoms with E-state index in [9.17, 15) is 0 Å². The van der Waals surface area contributed by atoms with Gasteiger partial charge in [0.05, 0.1) is 7.11 Å². The Morgan fingerprint density at radius 2 is 2.05 bits per heavy atom. The number of benzene rings is 1. The van der Waals surface area contributed by atoms with Crippen LogP contribution in [0.25, 0.3) is 0 Å². The van der Waals surface area contributed by atoms with Crippen LogP contribution in [0.3, 0.4) is 0 Å². The quantitative estimate of drug-likeness (QED) is 0.823. The SMILES string of the molecule is CCNC(C)c1c(OC)cccc1N(C)C(C)C1CC1. The minimum atomic E-state index is 0.292. The molecule has 3 heteroatoms. The molecular weight excluding hydrogens is 248 g/mol. The lowest BCUT2D eigenvalue weighted by molar-refractivity contribution is 0.402. The molecule has 1 aliphatic carbocycles. The van der Waals surface area contributed by atoms with Crippen molar-refractivity contribution in [1.82, 2.24) is 5.32 Å². The maximum atomic E-state index is 5.59. The predicted molar refractivity (Wildman–Crippen MR) is 85.7 cm³/mol. The minimum absolute atomic E-state index is 0.292. The molecule has 0 radical (unpaired) electrons. The van der Waals surface area contributed by atoms with Crippen molar-refractivity contribution in [3.63, 3.8) is 0 Å². The van der Waals surface area contributed by atoms with Crippen LogP contribution in [-0.2, 0) is 0 Å². The first kappa shape index (κ1) is 15.2. The molecule has 2 atom stereocenters. The highest BCUT2D eigenvalue weighted by atomic mass is 16.5. The molecule has 0 aliphatic heterocycles. The van der Waals surface area contributed by atoms with Gasteiger partial charge in [-0.25, -0.2) is 0 Å². The summed E-state index contributed by atoms with van der Waals surface area (Å²) in [5.41, 5.74) is 2.56. The van der Waals surface area contributed by atoms with Crippen LogP contribution in [0.1, 0.15) is 45.2 Å². The van der Waals surface area contributed by atoms with Crippen LogP contribution < -0.4 is 15.0 Å². The second-order valence-corrected chi connectivity index (χ2v) is 5.86. The van der Waals surface area contributed by atoms with E-state index in [0.717, 1.165) is 18.2 Å². The smallest absolute Gasteiger partial charge is 0.125 e. The lowest BCUT2D eigenvalue weighted by atomic mass is 10.0. The summed E-state index contributed by atoms with van der Waals surface area (Å²) >= 11 is 0. The van der Waals surface area contributed by atoms with Gasteiger partial charge in [0, 0.05) is 30.4 Å². The van der Waals surface area contributed by atoms with Crippen molar-refractivity contribution < 1.29 is 4.74 Å². The van der Waals surface area contributed by atoms with Crippen molar-refractivity contribution in [2.24, 2.45) is 5.92 Å². The van der Waals surface area contributed by atoms with Crippen LogP contribution in [0.4, 0.5) is 5.69 Å². The number of hydrogen-bond acceptors (Lipinski definition) is 3. The molecule has 1 fully saturated rings. The number of methoxy groups -OCH3 is 1. The van der Waals surface area contributed by atoms with E-state index in [1.165, 1.54) is 24.1 Å². The van der Waals surface area contributed by atoms with E-state index in [4.69, 9.17) is 4.74 Å². The van der Waals surface area contributed by atoms with E-state index < -0.39 is 0 Å². The van der Waals surface area contributed by atoms with Crippen LogP contribution in [0, 0.1) is 5.92 Å². The average molecular weight is 276 g/mol. The normalized spacial score (nSPS) is 17.6. The number of ether oxygens (including phenoxy) is 1. The molecule has 1 N–H and O–H groups in total. The Bertz CT molecular complexity index is 443. The van der Waals surface area contributed by atoms with E-state index in [-0.39, 0.29) is 0 Å². The summed E-state index contributed by atoms with van der Waals surface area (Å²) in [6.45, 7) is 7.64. The van der Waals surface area contributed by atoms with Crippen molar-refractivity contribution in [1.29, 1.82) is 0 Å². The van der Waals surface area contributed by atoms with Crippen molar-refractivity contribution in [3.8, 4) is 5.75 Å². The predicted octanol–water partition coefficient (Wildman–Crippen LogP) is 3.60. The zero-order valence-corrected chi connectivity index (χ0v) is 13.4. The van der Waals surface area contributed by atoms with Crippen LogP contribution >= 0.6 is 0 Å². The van der Waals surface area contributed by atoms with Gasteiger partial charge >= 0.3 is 0 Å². The van der Waals surface area contributed by atoms with Gasteiger partial charge in [-0.05, 0) is 51.3 Å². The molecule has 20 heavy (non-hydrogen) atoms. The zero-order valence-electron chi connectivity index (χ0n) is 13.4. The Morgan fingerprint density at radius 1 is 1.35 bits per heavy atom. The molecule has 2 rings (SSSR count). The summed E-state index contributed by atoms with van der Waals surface area (Å²) in [4.78, 5) is 2.42. The highest BCUT2D eigenvalue weighted by Crippen LogP contribution is 2.40. The van der Waals surface area contributed by atoms with Gasteiger partial charge in [0.15, 0.2) is 0 Å². The maximum absolute atomic E-state index is 5.59. The standard InChI is InChI=1S/C17H28N2O/c1-6-18-12(2)17-15(8-7-9-16(17)20-5)19(4)13(3)14-10-11-14/h7-9,12-14,18H,6,10-11H2,1-5H3. The third-order valence-corrected chi connectivity index (χ3v) is 4.50. The molecule has 0 aromatic heterocycles. The Labute approximate surface area is 123 Å². The van der Waals surface area contributed by atoms with Gasteiger partial charge in [0.2, 0.25) is 0 Å². The molecule has 1 aliphatic rings. The molecule has 1 saturated carbocycles. The van der Waals surface area contributed by atoms with E-state index in [0.29, 0.717) is 12.1 Å². The van der Waals surface area contributed by atoms with Crippen molar-refractivity contribution in [2.45, 2.75) is 45.7 Å². The van der Waals surface area contributed by atoms with Gasteiger partial charge in [0.1, 0.15) is 5.75 Å². The van der Waals surface area contributed by atoms with Crippen LogP contribution in [-0.4, -0.2) is 26.7 Å². The highest BCUT2D eigenvalue weighted by Gasteiger charge is 2.32. The molecule has 1 aromatic rings. The summed E-state index contributed by atoms with van der Waals surface area (Å²) in [5.74, 6) is 1.83. The van der Waals surface area contributed by atoms with E-state index >= 15 is 0 Å². The fraction of sp³-hybridized carbons (Fsp3) is 0.647. The third-order valence-electron chi connectivity index (χ3n) is 4.50. The fourth-order valence-electron chi connectivity index (χ4n) is 2.98. The number of rotatable bonds is 7. The van der Waals surface area contributed by atoms with Gasteiger partial charge in [0.25, 0.3) is 0 Å². The van der Waals surface area contributed by atoms with Gasteiger partial charge in [-0.2, -0.15) is 0 Å². The Hall–Kier alpha value is -1.22. The minimum Gasteiger partial charge on any atom is -0.496 e.